The predicted molar refractivity (Wildman–Crippen MR) is 40.8 cm³/mol. The van der Waals surface area contributed by atoms with Crippen LogP contribution in [-0.2, 0) is 19.0 Å². The van der Waals surface area contributed by atoms with E-state index in [9.17, 15) is 9.90 Å². The van der Waals surface area contributed by atoms with Crippen molar-refractivity contribution >= 4 is 5.97 Å². The Morgan fingerprint density at radius 2 is 2.46 bits per heavy atom. The average Bonchev–Trinajstić information content (AvgIpc) is 2.52. The molecule has 0 radical (unpaired) electrons. The van der Waals surface area contributed by atoms with Crippen LogP contribution in [0.3, 0.4) is 0 Å². The van der Waals surface area contributed by atoms with E-state index in [1.54, 1.807) is 0 Å². The highest BCUT2D eigenvalue weighted by Crippen LogP contribution is 2.32. The second-order valence-corrected chi connectivity index (χ2v) is 3.14. The summed E-state index contributed by atoms with van der Waals surface area (Å²) < 4.78 is 15.3. The zero-order valence-electron chi connectivity index (χ0n) is 7.30. The fourth-order valence-electron chi connectivity index (χ4n) is 1.75. The van der Waals surface area contributed by atoms with Gasteiger partial charge in [-0.25, -0.2) is 0 Å². The SMILES string of the molecule is CCOC1C(O)OC2CC(=O)OC21. The van der Waals surface area contributed by atoms with E-state index in [0.717, 1.165) is 0 Å². The van der Waals surface area contributed by atoms with Crippen molar-refractivity contribution in [3.05, 3.63) is 0 Å². The molecule has 2 saturated heterocycles. The van der Waals surface area contributed by atoms with Crippen molar-refractivity contribution in [2.24, 2.45) is 0 Å². The topological polar surface area (TPSA) is 65.0 Å². The minimum absolute atomic E-state index is 0.214. The largest absolute Gasteiger partial charge is 0.456 e. The van der Waals surface area contributed by atoms with Crippen molar-refractivity contribution in [1.29, 1.82) is 0 Å². The maximum Gasteiger partial charge on any atom is 0.309 e. The van der Waals surface area contributed by atoms with E-state index in [-0.39, 0.29) is 18.5 Å². The Bertz CT molecular complexity index is 217. The molecule has 0 saturated carbocycles. The molecule has 74 valence electrons. The van der Waals surface area contributed by atoms with Crippen molar-refractivity contribution in [3.8, 4) is 0 Å². The zero-order chi connectivity index (χ0) is 9.42. The van der Waals surface area contributed by atoms with Gasteiger partial charge < -0.3 is 19.3 Å². The maximum atomic E-state index is 10.9. The monoisotopic (exact) mass is 188 g/mol. The minimum atomic E-state index is -0.969. The van der Waals surface area contributed by atoms with Gasteiger partial charge in [0.2, 0.25) is 0 Å². The summed E-state index contributed by atoms with van der Waals surface area (Å²) in [5.41, 5.74) is 0. The highest BCUT2D eigenvalue weighted by molar-refractivity contribution is 5.72. The first-order chi connectivity index (χ1) is 6.22. The number of hydrogen-bond donors (Lipinski definition) is 1. The molecule has 13 heavy (non-hydrogen) atoms. The number of esters is 1. The molecule has 2 heterocycles. The molecule has 0 aliphatic carbocycles. The van der Waals surface area contributed by atoms with Crippen LogP contribution in [-0.4, -0.2) is 42.3 Å². The van der Waals surface area contributed by atoms with E-state index in [2.05, 4.69) is 0 Å². The van der Waals surface area contributed by atoms with Gasteiger partial charge in [-0.05, 0) is 6.92 Å². The van der Waals surface area contributed by atoms with Crippen LogP contribution in [0.15, 0.2) is 0 Å². The number of ether oxygens (including phenoxy) is 3. The first-order valence-corrected chi connectivity index (χ1v) is 4.37. The molecule has 0 aromatic carbocycles. The summed E-state index contributed by atoms with van der Waals surface area (Å²) in [7, 11) is 0. The van der Waals surface area contributed by atoms with Crippen LogP contribution in [0.25, 0.3) is 0 Å². The molecule has 2 aliphatic rings. The van der Waals surface area contributed by atoms with E-state index < -0.39 is 18.5 Å². The van der Waals surface area contributed by atoms with Crippen molar-refractivity contribution in [1.82, 2.24) is 0 Å². The summed E-state index contributed by atoms with van der Waals surface area (Å²) in [5.74, 6) is -0.286. The van der Waals surface area contributed by atoms with E-state index >= 15 is 0 Å². The number of aliphatic hydroxyl groups is 1. The molecule has 4 unspecified atom stereocenters. The zero-order valence-corrected chi connectivity index (χ0v) is 7.30. The van der Waals surface area contributed by atoms with Crippen molar-refractivity contribution < 1.29 is 24.1 Å². The Balaban J connectivity index is 2.05. The van der Waals surface area contributed by atoms with E-state index in [1.165, 1.54) is 0 Å². The van der Waals surface area contributed by atoms with Gasteiger partial charge in [-0.3, -0.25) is 4.79 Å². The second-order valence-electron chi connectivity index (χ2n) is 3.14. The molecule has 4 atom stereocenters. The standard InChI is InChI=1S/C8H12O5/c1-2-11-7-6-4(12-8(7)10)3-5(9)13-6/h4,6-8,10H,2-3H2,1H3. The third kappa shape index (κ3) is 1.43. The molecule has 1 N–H and O–H groups in total. The van der Waals surface area contributed by atoms with E-state index in [4.69, 9.17) is 14.2 Å². The lowest BCUT2D eigenvalue weighted by molar-refractivity contribution is -0.163. The number of carbonyl (C=O) groups excluding carboxylic acids is 1. The maximum absolute atomic E-state index is 10.9. The van der Waals surface area contributed by atoms with Gasteiger partial charge in [0.25, 0.3) is 0 Å². The van der Waals surface area contributed by atoms with E-state index in [0.29, 0.717) is 6.61 Å². The number of hydrogen-bond acceptors (Lipinski definition) is 5. The first kappa shape index (κ1) is 8.93. The summed E-state index contributed by atoms with van der Waals surface area (Å²) in [6.07, 6.45) is -2.04. The molecule has 2 aliphatic heterocycles. The van der Waals surface area contributed by atoms with Crippen LogP contribution in [0.5, 0.6) is 0 Å². The van der Waals surface area contributed by atoms with Crippen LogP contribution in [0.4, 0.5) is 0 Å². The number of carbonyl (C=O) groups is 1. The quantitative estimate of drug-likeness (QED) is 0.587. The summed E-state index contributed by atoms with van der Waals surface area (Å²) in [5, 5.41) is 9.37. The first-order valence-electron chi connectivity index (χ1n) is 4.37. The van der Waals surface area contributed by atoms with Crippen LogP contribution in [0, 0.1) is 0 Å². The van der Waals surface area contributed by atoms with E-state index in [1.807, 2.05) is 6.92 Å². The second kappa shape index (κ2) is 3.25. The molecule has 2 fully saturated rings. The van der Waals surface area contributed by atoms with Gasteiger partial charge in [-0.1, -0.05) is 0 Å². The Hall–Kier alpha value is -0.650. The summed E-state index contributed by atoms with van der Waals surface area (Å²) in [6, 6.07) is 0. The predicted octanol–water partition coefficient (Wildman–Crippen LogP) is -0.576. The number of fused-ring (bicyclic) bond motifs is 1. The van der Waals surface area contributed by atoms with Gasteiger partial charge >= 0.3 is 5.97 Å². The van der Waals surface area contributed by atoms with Crippen LogP contribution in [0.2, 0.25) is 0 Å². The molecule has 0 aromatic rings. The van der Waals surface area contributed by atoms with Gasteiger partial charge in [0.1, 0.15) is 12.2 Å². The van der Waals surface area contributed by atoms with Crippen LogP contribution >= 0.6 is 0 Å². The fraction of sp³-hybridized carbons (Fsp3) is 0.875. The van der Waals surface area contributed by atoms with Crippen LogP contribution < -0.4 is 0 Å². The lowest BCUT2D eigenvalue weighted by Gasteiger charge is -2.17. The molecule has 0 aromatic heterocycles. The molecular weight excluding hydrogens is 176 g/mol. The third-order valence-electron chi connectivity index (χ3n) is 2.28. The Morgan fingerprint density at radius 1 is 1.69 bits per heavy atom. The Morgan fingerprint density at radius 3 is 3.15 bits per heavy atom. The highest BCUT2D eigenvalue weighted by atomic mass is 16.7. The minimum Gasteiger partial charge on any atom is -0.456 e. The number of rotatable bonds is 2. The molecule has 0 spiro atoms. The van der Waals surface area contributed by atoms with Gasteiger partial charge in [0, 0.05) is 6.61 Å². The van der Waals surface area contributed by atoms with Crippen molar-refractivity contribution in [3.63, 3.8) is 0 Å². The molecule has 5 nitrogen and oxygen atoms in total. The fourth-order valence-corrected chi connectivity index (χ4v) is 1.75. The average molecular weight is 188 g/mol. The van der Waals surface area contributed by atoms with Crippen molar-refractivity contribution in [2.75, 3.05) is 6.61 Å². The van der Waals surface area contributed by atoms with Gasteiger partial charge in [0.15, 0.2) is 12.4 Å². The molecule has 2 rings (SSSR count). The smallest absolute Gasteiger partial charge is 0.309 e. The molecule has 0 amide bonds. The molecular formula is C8H12O5. The summed E-state index contributed by atoms with van der Waals surface area (Å²) in [6.45, 7) is 2.28. The van der Waals surface area contributed by atoms with Crippen molar-refractivity contribution in [2.45, 2.75) is 37.9 Å². The van der Waals surface area contributed by atoms with Crippen LogP contribution in [0.1, 0.15) is 13.3 Å². The number of aliphatic hydroxyl groups excluding tert-OH is 1. The summed E-state index contributed by atoms with van der Waals surface area (Å²) in [4.78, 5) is 10.9. The third-order valence-corrected chi connectivity index (χ3v) is 2.28. The molecule has 0 bridgehead atoms. The Kier molecular flexibility index (Phi) is 2.23. The summed E-state index contributed by atoms with van der Waals surface area (Å²) >= 11 is 0. The normalized spacial score (nSPS) is 43.4. The van der Waals surface area contributed by atoms with Gasteiger partial charge in [-0.15, -0.1) is 0 Å². The van der Waals surface area contributed by atoms with Gasteiger partial charge in [-0.2, -0.15) is 0 Å². The highest BCUT2D eigenvalue weighted by Gasteiger charge is 2.51. The lowest BCUT2D eigenvalue weighted by Crippen LogP contribution is -2.34. The molecule has 5 heteroatoms. The lowest BCUT2D eigenvalue weighted by atomic mass is 10.1. The Labute approximate surface area is 75.6 Å². The van der Waals surface area contributed by atoms with Gasteiger partial charge in [0.05, 0.1) is 6.42 Å².